The number of hydrogen-bond donors (Lipinski definition) is 1. The van der Waals surface area contributed by atoms with Gasteiger partial charge in [-0.15, -0.1) is 0 Å². The summed E-state index contributed by atoms with van der Waals surface area (Å²) in [5, 5.41) is 12.7. The Balaban J connectivity index is 2.50. The summed E-state index contributed by atoms with van der Waals surface area (Å²) in [5.74, 6) is -0.850. The lowest BCUT2D eigenvalue weighted by Gasteiger charge is -1.96. The number of aromatic nitrogens is 3. The maximum Gasteiger partial charge on any atom is 0.323 e. The summed E-state index contributed by atoms with van der Waals surface area (Å²) in [6.07, 6.45) is 3.45. The quantitative estimate of drug-likeness (QED) is 0.731. The first-order chi connectivity index (χ1) is 6.16. The van der Waals surface area contributed by atoms with Crippen LogP contribution in [0.1, 0.15) is 5.69 Å². The topological polar surface area (TPSA) is 59.5 Å². The van der Waals surface area contributed by atoms with E-state index in [1.807, 2.05) is 13.0 Å². The molecule has 0 unspecified atom stereocenters. The molecule has 0 saturated carbocycles. The Labute approximate surface area is 74.2 Å². The van der Waals surface area contributed by atoms with E-state index < -0.39 is 5.97 Å². The van der Waals surface area contributed by atoms with Crippen molar-refractivity contribution in [1.29, 1.82) is 0 Å². The van der Waals surface area contributed by atoms with Gasteiger partial charge in [0.05, 0.1) is 5.69 Å². The monoisotopic (exact) mass is 179 g/mol. The Morgan fingerprint density at radius 1 is 1.62 bits per heavy atom. The van der Waals surface area contributed by atoms with Crippen molar-refractivity contribution in [2.75, 3.05) is 0 Å². The van der Waals surface area contributed by atoms with Crippen molar-refractivity contribution in [3.8, 4) is 0 Å². The Morgan fingerprint density at radius 3 is 3.08 bits per heavy atom. The maximum atomic E-state index is 10.5. The average Bonchev–Trinajstić information content (AvgIpc) is 2.51. The summed E-state index contributed by atoms with van der Waals surface area (Å²) < 4.78 is 3.31. The van der Waals surface area contributed by atoms with E-state index in [0.717, 1.165) is 11.3 Å². The third-order valence-corrected chi connectivity index (χ3v) is 1.83. The van der Waals surface area contributed by atoms with Gasteiger partial charge in [0.25, 0.3) is 0 Å². The van der Waals surface area contributed by atoms with Gasteiger partial charge in [-0.1, -0.05) is 0 Å². The number of carbonyl (C=O) groups is 1. The SMILES string of the molecule is Cc1cc2n(CC(=O)O)ccn2n1. The summed E-state index contributed by atoms with van der Waals surface area (Å²) in [6.45, 7) is 1.85. The molecule has 0 bridgehead atoms. The Hall–Kier alpha value is -1.78. The van der Waals surface area contributed by atoms with Crippen LogP contribution in [-0.2, 0) is 11.3 Å². The van der Waals surface area contributed by atoms with E-state index in [0.29, 0.717) is 0 Å². The van der Waals surface area contributed by atoms with Gasteiger partial charge < -0.3 is 9.67 Å². The predicted octanol–water partition coefficient (Wildman–Crippen LogP) is 0.529. The molecule has 5 heteroatoms. The van der Waals surface area contributed by atoms with E-state index in [4.69, 9.17) is 5.11 Å². The van der Waals surface area contributed by atoms with Crippen LogP contribution in [-0.4, -0.2) is 25.3 Å². The zero-order valence-electron chi connectivity index (χ0n) is 7.14. The van der Waals surface area contributed by atoms with Gasteiger partial charge in [-0.2, -0.15) is 5.10 Å². The first-order valence-electron chi connectivity index (χ1n) is 3.90. The highest BCUT2D eigenvalue weighted by atomic mass is 16.4. The molecule has 2 aromatic heterocycles. The summed E-state index contributed by atoms with van der Waals surface area (Å²) in [7, 11) is 0. The number of aryl methyl sites for hydroxylation is 1. The molecule has 2 heterocycles. The number of aliphatic carboxylic acids is 1. The lowest BCUT2D eigenvalue weighted by molar-refractivity contribution is -0.137. The number of rotatable bonds is 2. The Morgan fingerprint density at radius 2 is 2.38 bits per heavy atom. The molecule has 0 aromatic carbocycles. The first kappa shape index (κ1) is 7.85. The molecular weight excluding hydrogens is 170 g/mol. The molecule has 0 saturated heterocycles. The fourth-order valence-electron chi connectivity index (χ4n) is 1.33. The van der Waals surface area contributed by atoms with E-state index in [-0.39, 0.29) is 6.54 Å². The van der Waals surface area contributed by atoms with Crippen molar-refractivity contribution in [3.05, 3.63) is 24.2 Å². The molecule has 0 atom stereocenters. The van der Waals surface area contributed by atoms with Crippen molar-refractivity contribution in [2.24, 2.45) is 0 Å². The molecule has 68 valence electrons. The van der Waals surface area contributed by atoms with Crippen molar-refractivity contribution >= 4 is 11.6 Å². The normalized spacial score (nSPS) is 10.8. The maximum absolute atomic E-state index is 10.5. The van der Waals surface area contributed by atoms with Gasteiger partial charge >= 0.3 is 5.97 Å². The number of carboxylic acid groups (broad SMARTS) is 1. The fraction of sp³-hybridized carbons (Fsp3) is 0.250. The van der Waals surface area contributed by atoms with Crippen molar-refractivity contribution in [3.63, 3.8) is 0 Å². The highest BCUT2D eigenvalue weighted by Gasteiger charge is 2.05. The number of imidazole rings is 1. The number of carboxylic acids is 1. The molecule has 0 radical (unpaired) electrons. The predicted molar refractivity (Wildman–Crippen MR) is 45.6 cm³/mol. The van der Waals surface area contributed by atoms with Crippen molar-refractivity contribution in [1.82, 2.24) is 14.2 Å². The van der Waals surface area contributed by atoms with E-state index in [2.05, 4.69) is 5.10 Å². The second-order valence-electron chi connectivity index (χ2n) is 2.91. The van der Waals surface area contributed by atoms with E-state index >= 15 is 0 Å². The van der Waals surface area contributed by atoms with Crippen LogP contribution >= 0.6 is 0 Å². The second kappa shape index (κ2) is 2.62. The molecule has 2 rings (SSSR count). The smallest absolute Gasteiger partial charge is 0.323 e. The molecule has 1 N–H and O–H groups in total. The van der Waals surface area contributed by atoms with Crippen LogP contribution in [0.4, 0.5) is 0 Å². The summed E-state index contributed by atoms with van der Waals surface area (Å²) >= 11 is 0. The molecule has 0 aliphatic heterocycles. The van der Waals surface area contributed by atoms with Crippen LogP contribution in [0, 0.1) is 6.92 Å². The van der Waals surface area contributed by atoms with Gasteiger partial charge in [-0.05, 0) is 6.92 Å². The minimum atomic E-state index is -0.850. The number of fused-ring (bicyclic) bond motifs is 1. The van der Waals surface area contributed by atoms with Gasteiger partial charge in [0.2, 0.25) is 0 Å². The number of hydrogen-bond acceptors (Lipinski definition) is 2. The Bertz CT molecular complexity index is 455. The van der Waals surface area contributed by atoms with Crippen LogP contribution in [0.5, 0.6) is 0 Å². The Kier molecular flexibility index (Phi) is 1.58. The zero-order valence-corrected chi connectivity index (χ0v) is 7.14. The first-order valence-corrected chi connectivity index (χ1v) is 3.90. The third-order valence-electron chi connectivity index (χ3n) is 1.83. The van der Waals surface area contributed by atoms with Crippen LogP contribution in [0.25, 0.3) is 5.65 Å². The van der Waals surface area contributed by atoms with Gasteiger partial charge in [0.15, 0.2) is 0 Å². The molecule has 13 heavy (non-hydrogen) atoms. The van der Waals surface area contributed by atoms with E-state index in [9.17, 15) is 4.79 Å². The van der Waals surface area contributed by atoms with E-state index in [1.54, 1.807) is 21.5 Å². The molecule has 0 aliphatic carbocycles. The molecule has 5 nitrogen and oxygen atoms in total. The summed E-state index contributed by atoms with van der Waals surface area (Å²) in [6, 6.07) is 1.85. The minimum Gasteiger partial charge on any atom is -0.480 e. The van der Waals surface area contributed by atoms with E-state index in [1.165, 1.54) is 0 Å². The molecular formula is C8H9N3O2. The minimum absolute atomic E-state index is 0.0262. The number of nitrogens with zero attached hydrogens (tertiary/aromatic N) is 3. The lowest BCUT2D eigenvalue weighted by atomic mass is 10.5. The van der Waals surface area contributed by atoms with Crippen molar-refractivity contribution in [2.45, 2.75) is 13.5 Å². The largest absolute Gasteiger partial charge is 0.480 e. The van der Waals surface area contributed by atoms with Crippen molar-refractivity contribution < 1.29 is 9.90 Å². The third kappa shape index (κ3) is 1.28. The molecule has 0 spiro atoms. The lowest BCUT2D eigenvalue weighted by Crippen LogP contribution is -2.07. The molecule has 0 aliphatic rings. The molecule has 0 amide bonds. The standard InChI is InChI=1S/C8H9N3O2/c1-6-4-7-10(5-8(12)13)2-3-11(7)9-6/h2-4H,5H2,1H3,(H,12,13). The highest BCUT2D eigenvalue weighted by molar-refractivity contribution is 5.67. The summed E-state index contributed by atoms with van der Waals surface area (Å²) in [5.41, 5.74) is 1.69. The average molecular weight is 179 g/mol. The summed E-state index contributed by atoms with van der Waals surface area (Å²) in [4.78, 5) is 10.5. The highest BCUT2D eigenvalue weighted by Crippen LogP contribution is 2.06. The zero-order chi connectivity index (χ0) is 9.42. The van der Waals surface area contributed by atoms with Gasteiger partial charge in [0, 0.05) is 18.5 Å². The van der Waals surface area contributed by atoms with Gasteiger partial charge in [0.1, 0.15) is 12.2 Å². The van der Waals surface area contributed by atoms with Crippen LogP contribution in [0.2, 0.25) is 0 Å². The fourth-order valence-corrected chi connectivity index (χ4v) is 1.33. The molecule has 2 aromatic rings. The van der Waals surface area contributed by atoms with Crippen LogP contribution in [0.3, 0.4) is 0 Å². The van der Waals surface area contributed by atoms with Gasteiger partial charge in [-0.25, -0.2) is 4.52 Å². The second-order valence-corrected chi connectivity index (χ2v) is 2.91. The van der Waals surface area contributed by atoms with Gasteiger partial charge in [-0.3, -0.25) is 4.79 Å². The van der Waals surface area contributed by atoms with Crippen LogP contribution in [0.15, 0.2) is 18.5 Å². The van der Waals surface area contributed by atoms with Crippen LogP contribution < -0.4 is 0 Å². The molecule has 0 fully saturated rings.